The van der Waals surface area contributed by atoms with Gasteiger partial charge in [0.15, 0.2) is 17.5 Å². The molecule has 0 amide bonds. The van der Waals surface area contributed by atoms with Crippen LogP contribution in [0.15, 0.2) is 186 Å². The highest BCUT2D eigenvalue weighted by molar-refractivity contribution is 7.26. The molecular formula is C53H30N4OS. The van der Waals surface area contributed by atoms with Crippen LogP contribution < -0.4 is 0 Å². The molecule has 13 rings (SSSR count). The monoisotopic (exact) mass is 770 g/mol. The fraction of sp³-hybridized carbons (Fsp3) is 0. The molecule has 6 heteroatoms. The van der Waals surface area contributed by atoms with Crippen LogP contribution >= 0.6 is 11.3 Å². The first-order valence-electron chi connectivity index (χ1n) is 19.8. The van der Waals surface area contributed by atoms with Crippen LogP contribution in [-0.4, -0.2) is 19.5 Å². The molecule has 0 unspecified atom stereocenters. The third-order valence-corrected chi connectivity index (χ3v) is 13.0. The van der Waals surface area contributed by atoms with Crippen molar-refractivity contribution in [3.05, 3.63) is 182 Å². The number of aromatic nitrogens is 4. The van der Waals surface area contributed by atoms with Crippen LogP contribution in [0, 0.1) is 0 Å². The summed E-state index contributed by atoms with van der Waals surface area (Å²) < 4.78 is 11.5. The number of thiophene rings is 1. The van der Waals surface area contributed by atoms with E-state index in [4.69, 9.17) is 19.4 Å². The number of hydrogen-bond donors (Lipinski definition) is 0. The fourth-order valence-corrected chi connectivity index (χ4v) is 10.4. The summed E-state index contributed by atoms with van der Waals surface area (Å²) in [6, 6.07) is 64.3. The third-order valence-electron chi connectivity index (χ3n) is 11.8. The predicted octanol–water partition coefficient (Wildman–Crippen LogP) is 14.5. The molecule has 0 saturated heterocycles. The van der Waals surface area contributed by atoms with Crippen molar-refractivity contribution in [1.29, 1.82) is 0 Å². The molecule has 0 aliphatic carbocycles. The number of nitrogens with zero attached hydrogens (tertiary/aromatic N) is 4. The topological polar surface area (TPSA) is 56.7 Å². The SMILES string of the molecule is c1ccc(-c2nc(-c3cc4ccccc4c4c3oc3ccccc34)nc(-c3cc(-n4c5ccccc5c5c6ccccc6ccc54)cc4c3sc3ccccc34)n2)cc1. The number of benzene rings is 9. The van der Waals surface area contributed by atoms with E-state index in [9.17, 15) is 0 Å². The summed E-state index contributed by atoms with van der Waals surface area (Å²) in [4.78, 5) is 16.0. The lowest BCUT2D eigenvalue weighted by Crippen LogP contribution is -2.02. The van der Waals surface area contributed by atoms with Crippen LogP contribution in [0.5, 0.6) is 0 Å². The molecule has 274 valence electrons. The van der Waals surface area contributed by atoms with Gasteiger partial charge in [-0.3, -0.25) is 0 Å². The van der Waals surface area contributed by atoms with Gasteiger partial charge < -0.3 is 8.98 Å². The molecule has 59 heavy (non-hydrogen) atoms. The van der Waals surface area contributed by atoms with Crippen molar-refractivity contribution in [3.8, 4) is 39.9 Å². The Bertz CT molecular complexity index is 3860. The van der Waals surface area contributed by atoms with Crippen molar-refractivity contribution in [1.82, 2.24) is 19.5 Å². The normalized spacial score (nSPS) is 12.1. The van der Waals surface area contributed by atoms with Crippen LogP contribution in [-0.2, 0) is 0 Å². The van der Waals surface area contributed by atoms with E-state index in [0.29, 0.717) is 17.5 Å². The molecule has 9 aromatic carbocycles. The Kier molecular flexibility index (Phi) is 6.82. The molecule has 0 bridgehead atoms. The molecular weight excluding hydrogens is 741 g/mol. The molecule has 4 heterocycles. The zero-order valence-corrected chi connectivity index (χ0v) is 32.2. The Hall–Kier alpha value is -7.67. The number of rotatable bonds is 4. The molecule has 0 saturated carbocycles. The van der Waals surface area contributed by atoms with E-state index in [1.54, 1.807) is 11.3 Å². The summed E-state index contributed by atoms with van der Waals surface area (Å²) in [5, 5.41) is 11.7. The van der Waals surface area contributed by atoms with E-state index in [1.807, 2.05) is 30.3 Å². The summed E-state index contributed by atoms with van der Waals surface area (Å²) in [5.41, 5.74) is 7.63. The van der Waals surface area contributed by atoms with Gasteiger partial charge in [0.25, 0.3) is 0 Å². The van der Waals surface area contributed by atoms with Crippen LogP contribution in [0.4, 0.5) is 0 Å². The third kappa shape index (κ3) is 4.81. The molecule has 13 aromatic rings. The minimum absolute atomic E-state index is 0.562. The van der Waals surface area contributed by atoms with E-state index in [2.05, 4.69) is 156 Å². The minimum atomic E-state index is 0.562. The average molecular weight is 771 g/mol. The Morgan fingerprint density at radius 2 is 1.07 bits per heavy atom. The van der Waals surface area contributed by atoms with Crippen molar-refractivity contribution in [2.24, 2.45) is 0 Å². The van der Waals surface area contributed by atoms with Crippen molar-refractivity contribution in [3.63, 3.8) is 0 Å². The number of fused-ring (bicyclic) bond motifs is 13. The fourth-order valence-electron chi connectivity index (χ4n) is 9.20. The van der Waals surface area contributed by atoms with E-state index in [1.165, 1.54) is 37.0 Å². The highest BCUT2D eigenvalue weighted by Gasteiger charge is 2.23. The number of hydrogen-bond acceptors (Lipinski definition) is 5. The van der Waals surface area contributed by atoms with Gasteiger partial charge >= 0.3 is 0 Å². The Labute approximate surface area is 341 Å². The van der Waals surface area contributed by atoms with E-state index in [0.717, 1.165) is 70.8 Å². The first kappa shape index (κ1) is 32.4. The van der Waals surface area contributed by atoms with Crippen molar-refractivity contribution in [2.75, 3.05) is 0 Å². The maximum Gasteiger partial charge on any atom is 0.167 e. The summed E-state index contributed by atoms with van der Waals surface area (Å²) in [5.74, 6) is 1.77. The quantitative estimate of drug-likeness (QED) is 0.179. The molecule has 0 radical (unpaired) electrons. The smallest absolute Gasteiger partial charge is 0.167 e. The first-order valence-corrected chi connectivity index (χ1v) is 20.6. The van der Waals surface area contributed by atoms with Crippen molar-refractivity contribution >= 4 is 96.8 Å². The maximum atomic E-state index is 6.73. The van der Waals surface area contributed by atoms with Crippen molar-refractivity contribution in [2.45, 2.75) is 0 Å². The highest BCUT2D eigenvalue weighted by Crippen LogP contribution is 2.45. The van der Waals surface area contributed by atoms with Crippen LogP contribution in [0.3, 0.4) is 0 Å². The van der Waals surface area contributed by atoms with Gasteiger partial charge in [-0.1, -0.05) is 140 Å². The minimum Gasteiger partial charge on any atom is -0.455 e. The second-order valence-corrected chi connectivity index (χ2v) is 16.2. The Morgan fingerprint density at radius 3 is 1.92 bits per heavy atom. The highest BCUT2D eigenvalue weighted by atomic mass is 32.1. The second-order valence-electron chi connectivity index (χ2n) is 15.1. The summed E-state index contributed by atoms with van der Waals surface area (Å²) >= 11 is 1.78. The maximum absolute atomic E-state index is 6.73. The number of furan rings is 1. The van der Waals surface area contributed by atoms with Gasteiger partial charge in [0.05, 0.1) is 16.6 Å². The average Bonchev–Trinajstić information content (AvgIpc) is 3.99. The summed E-state index contributed by atoms with van der Waals surface area (Å²) in [7, 11) is 0. The van der Waals surface area contributed by atoms with Gasteiger partial charge in [-0.05, 0) is 64.0 Å². The van der Waals surface area contributed by atoms with E-state index < -0.39 is 0 Å². The van der Waals surface area contributed by atoms with Gasteiger partial charge in [0, 0.05) is 58.5 Å². The van der Waals surface area contributed by atoms with Crippen LogP contribution in [0.2, 0.25) is 0 Å². The predicted molar refractivity (Wildman–Crippen MR) is 246 cm³/mol. The zero-order chi connectivity index (χ0) is 38.6. The standard InChI is InChI=1S/C53H30N4OS/c1-2-15-32(16-3-1)51-54-52(41-28-33-17-5-7-19-36(33)48-39-22-9-12-24-45(39)58-49(41)48)56-53(55-51)42-30-34(29-40-37-20-10-13-25-46(37)59-50(40)42)57-43-23-11-8-21-38(43)47-35-18-6-4-14-31(35)26-27-44(47)57/h1-30H. The lowest BCUT2D eigenvalue weighted by molar-refractivity contribution is 0.670. The molecule has 5 nitrogen and oxygen atoms in total. The molecule has 0 fully saturated rings. The Morgan fingerprint density at radius 1 is 0.424 bits per heavy atom. The van der Waals surface area contributed by atoms with Gasteiger partial charge in [0.2, 0.25) is 0 Å². The lowest BCUT2D eigenvalue weighted by atomic mass is 9.99. The first-order chi connectivity index (χ1) is 29.2. The van der Waals surface area contributed by atoms with Gasteiger partial charge in [-0.25, -0.2) is 15.0 Å². The van der Waals surface area contributed by atoms with Gasteiger partial charge in [-0.2, -0.15) is 0 Å². The number of para-hydroxylation sites is 2. The van der Waals surface area contributed by atoms with Gasteiger partial charge in [-0.15, -0.1) is 11.3 Å². The van der Waals surface area contributed by atoms with E-state index >= 15 is 0 Å². The Balaban J connectivity index is 1.15. The second kappa shape index (κ2) is 12.4. The van der Waals surface area contributed by atoms with Crippen molar-refractivity contribution < 1.29 is 4.42 Å². The zero-order valence-electron chi connectivity index (χ0n) is 31.4. The molecule has 0 N–H and O–H groups in total. The molecule has 0 atom stereocenters. The summed E-state index contributed by atoms with van der Waals surface area (Å²) in [6.07, 6.45) is 0. The molecule has 0 aliphatic heterocycles. The van der Waals surface area contributed by atoms with Crippen LogP contribution in [0.1, 0.15) is 0 Å². The lowest BCUT2D eigenvalue weighted by Gasteiger charge is -2.13. The van der Waals surface area contributed by atoms with Gasteiger partial charge in [0.1, 0.15) is 11.2 Å². The molecule has 4 aromatic heterocycles. The van der Waals surface area contributed by atoms with E-state index in [-0.39, 0.29) is 0 Å². The largest absolute Gasteiger partial charge is 0.455 e. The molecule has 0 spiro atoms. The molecule has 0 aliphatic rings. The van der Waals surface area contributed by atoms with Crippen LogP contribution in [0.25, 0.3) is 125 Å². The summed E-state index contributed by atoms with van der Waals surface area (Å²) in [6.45, 7) is 0.